The average molecular weight is 484 g/mol. The Hall–Kier alpha value is -2.79. The van der Waals surface area contributed by atoms with Gasteiger partial charge in [-0.25, -0.2) is 13.6 Å². The number of hydrogen-bond donors (Lipinski definition) is 1. The van der Waals surface area contributed by atoms with Gasteiger partial charge in [0.25, 0.3) is 0 Å². The van der Waals surface area contributed by atoms with Crippen molar-refractivity contribution < 1.29 is 30.5 Å². The number of hydrogen-bond acceptors (Lipinski definition) is 7. The Bertz CT molecular complexity index is 1320. The largest absolute Gasteiger partial charge is 0.497 e. The van der Waals surface area contributed by atoms with Gasteiger partial charge in [0.2, 0.25) is 10.0 Å². The molecule has 0 saturated carbocycles. The molecule has 3 aromatic carbocycles. The summed E-state index contributed by atoms with van der Waals surface area (Å²) in [4.78, 5) is -1.15. The maximum atomic E-state index is 12.7. The number of ether oxygens (including phenoxy) is 2. The number of aryl methyl sites for hydroxylation is 1. The van der Waals surface area contributed by atoms with Crippen molar-refractivity contribution in [3.63, 3.8) is 0 Å². The van der Waals surface area contributed by atoms with Crippen LogP contribution in [0.5, 0.6) is 23.0 Å². The third kappa shape index (κ3) is 5.47. The summed E-state index contributed by atoms with van der Waals surface area (Å²) in [7, 11) is -7.39. The summed E-state index contributed by atoms with van der Waals surface area (Å²) < 4.78 is 65.5. The van der Waals surface area contributed by atoms with Crippen molar-refractivity contribution in [1.29, 1.82) is 0 Å². The fourth-order valence-electron chi connectivity index (χ4n) is 2.57. The highest BCUT2D eigenvalue weighted by Crippen LogP contribution is 2.37. The first kappa shape index (κ1) is 22.9. The van der Waals surface area contributed by atoms with Crippen molar-refractivity contribution in [1.82, 2.24) is 0 Å². The minimum atomic E-state index is -4.47. The molecule has 0 fully saturated rings. The van der Waals surface area contributed by atoms with Crippen LogP contribution in [-0.4, -0.2) is 23.9 Å². The van der Waals surface area contributed by atoms with E-state index in [4.69, 9.17) is 30.4 Å². The first-order valence-electron chi connectivity index (χ1n) is 8.69. The molecule has 11 heteroatoms. The predicted molar refractivity (Wildman–Crippen MR) is 115 cm³/mol. The Kier molecular flexibility index (Phi) is 6.46. The van der Waals surface area contributed by atoms with Crippen LogP contribution < -0.4 is 18.8 Å². The minimum absolute atomic E-state index is 0.0375. The molecule has 0 aliphatic heterocycles. The van der Waals surface area contributed by atoms with Crippen LogP contribution in [0.25, 0.3) is 0 Å². The van der Waals surface area contributed by atoms with E-state index in [1.165, 1.54) is 25.3 Å². The van der Waals surface area contributed by atoms with Crippen molar-refractivity contribution >= 4 is 31.7 Å². The maximum absolute atomic E-state index is 12.7. The Morgan fingerprint density at radius 2 is 1.48 bits per heavy atom. The zero-order chi connectivity index (χ0) is 22.8. The van der Waals surface area contributed by atoms with Gasteiger partial charge in [-0.15, -0.1) is 0 Å². The summed E-state index contributed by atoms with van der Waals surface area (Å²) in [6, 6.07) is 14.4. The molecule has 0 saturated heterocycles. The van der Waals surface area contributed by atoms with Crippen LogP contribution in [0.3, 0.4) is 0 Å². The van der Waals surface area contributed by atoms with Crippen LogP contribution in [0, 0.1) is 6.92 Å². The second-order valence-electron chi connectivity index (χ2n) is 6.41. The van der Waals surface area contributed by atoms with Crippen LogP contribution in [0.4, 0.5) is 0 Å². The molecule has 0 aliphatic carbocycles. The number of primary sulfonamides is 1. The van der Waals surface area contributed by atoms with Crippen LogP contribution in [-0.2, 0) is 20.1 Å². The van der Waals surface area contributed by atoms with Gasteiger partial charge in [0.15, 0.2) is 0 Å². The summed E-state index contributed by atoms with van der Waals surface area (Å²) in [6.45, 7) is 1.83. The zero-order valence-corrected chi connectivity index (χ0v) is 18.8. The van der Waals surface area contributed by atoms with Gasteiger partial charge < -0.3 is 13.7 Å². The summed E-state index contributed by atoms with van der Waals surface area (Å²) in [5, 5.41) is 4.98. The van der Waals surface area contributed by atoms with E-state index < -0.39 is 29.9 Å². The normalized spacial score (nSPS) is 11.7. The first-order chi connectivity index (χ1) is 14.5. The summed E-state index contributed by atoms with van der Waals surface area (Å²) in [5.41, 5.74) is 0.901. The van der Waals surface area contributed by atoms with Gasteiger partial charge >= 0.3 is 10.1 Å². The highest BCUT2D eigenvalue weighted by molar-refractivity contribution is 7.89. The molecule has 0 bridgehead atoms. The highest BCUT2D eigenvalue weighted by Gasteiger charge is 2.27. The van der Waals surface area contributed by atoms with Gasteiger partial charge in [0.05, 0.1) is 12.1 Å². The number of rotatable bonds is 7. The molecule has 0 heterocycles. The lowest BCUT2D eigenvalue weighted by Crippen LogP contribution is -2.16. The van der Waals surface area contributed by atoms with Crippen molar-refractivity contribution in [2.24, 2.45) is 5.14 Å². The van der Waals surface area contributed by atoms with Crippen LogP contribution in [0.15, 0.2) is 70.5 Å². The fraction of sp³-hybridized carbons (Fsp3) is 0.100. The van der Waals surface area contributed by atoms with Gasteiger partial charge in [-0.1, -0.05) is 35.4 Å². The third-order valence-corrected chi connectivity index (χ3v) is 6.72. The monoisotopic (exact) mass is 483 g/mol. The molecule has 0 spiro atoms. The molecule has 8 nitrogen and oxygen atoms in total. The lowest BCUT2D eigenvalue weighted by atomic mass is 10.2. The van der Waals surface area contributed by atoms with E-state index in [2.05, 4.69) is 0 Å². The molecule has 0 atom stereocenters. The van der Waals surface area contributed by atoms with E-state index in [9.17, 15) is 16.8 Å². The average Bonchev–Trinajstić information content (AvgIpc) is 2.68. The second kappa shape index (κ2) is 8.75. The smallest absolute Gasteiger partial charge is 0.340 e. The van der Waals surface area contributed by atoms with Gasteiger partial charge in [0, 0.05) is 12.1 Å². The third-order valence-electron chi connectivity index (χ3n) is 4.07. The molecule has 0 amide bonds. The fourth-order valence-corrected chi connectivity index (χ4v) is 4.76. The maximum Gasteiger partial charge on any atom is 0.340 e. The van der Waals surface area contributed by atoms with E-state index in [-0.39, 0.29) is 22.3 Å². The molecule has 0 aromatic heterocycles. The molecule has 3 aromatic rings. The number of halogens is 1. The standard InChI is InChI=1S/C20H18ClNO7S2/c1-13-6-8-14(9-7-13)29-31(25,26)19-12-20(30(22,23)24)18(11-17(19)21)28-16-5-3-4-15(10-16)27-2/h3-12H,1-2H3,(H2,22,23,24). The number of nitrogens with two attached hydrogens (primary N) is 1. The molecule has 0 aliphatic rings. The molecule has 0 radical (unpaired) electrons. The number of methoxy groups -OCH3 is 1. The van der Waals surface area contributed by atoms with Crippen LogP contribution in [0.1, 0.15) is 5.56 Å². The molecule has 0 unspecified atom stereocenters. The highest BCUT2D eigenvalue weighted by atomic mass is 35.5. The van der Waals surface area contributed by atoms with E-state index in [0.29, 0.717) is 5.75 Å². The van der Waals surface area contributed by atoms with E-state index in [0.717, 1.165) is 17.7 Å². The second-order valence-corrected chi connectivity index (χ2v) is 9.86. The lowest BCUT2D eigenvalue weighted by Gasteiger charge is -2.14. The summed E-state index contributed by atoms with van der Waals surface area (Å²) >= 11 is 6.15. The molecule has 3 rings (SSSR count). The summed E-state index contributed by atoms with van der Waals surface area (Å²) in [6.07, 6.45) is 0. The molecule has 2 N–H and O–H groups in total. The van der Waals surface area contributed by atoms with Crippen molar-refractivity contribution in [2.45, 2.75) is 16.7 Å². The quantitative estimate of drug-likeness (QED) is 0.506. The first-order valence-corrected chi connectivity index (χ1v) is 12.0. The van der Waals surface area contributed by atoms with Gasteiger partial charge in [-0.05, 0) is 37.3 Å². The Morgan fingerprint density at radius 1 is 0.839 bits per heavy atom. The van der Waals surface area contributed by atoms with Crippen LogP contribution in [0.2, 0.25) is 5.02 Å². The predicted octanol–water partition coefficient (Wildman–Crippen LogP) is 3.86. The Labute approximate surface area is 185 Å². The Balaban J connectivity index is 2.06. The van der Waals surface area contributed by atoms with Gasteiger partial charge in [0.1, 0.15) is 32.8 Å². The Morgan fingerprint density at radius 3 is 2.10 bits per heavy atom. The van der Waals surface area contributed by atoms with Crippen molar-refractivity contribution in [3.05, 3.63) is 71.2 Å². The number of benzene rings is 3. The van der Waals surface area contributed by atoms with Gasteiger partial charge in [-0.2, -0.15) is 8.42 Å². The van der Waals surface area contributed by atoms with Crippen molar-refractivity contribution in [2.75, 3.05) is 7.11 Å². The lowest BCUT2D eigenvalue weighted by molar-refractivity contribution is 0.408. The van der Waals surface area contributed by atoms with E-state index in [1.54, 1.807) is 30.3 Å². The van der Waals surface area contributed by atoms with Gasteiger partial charge in [-0.3, -0.25) is 0 Å². The summed E-state index contributed by atoms with van der Waals surface area (Å²) in [5.74, 6) is 0.476. The topological polar surface area (TPSA) is 122 Å². The van der Waals surface area contributed by atoms with Crippen LogP contribution >= 0.6 is 11.6 Å². The van der Waals surface area contributed by atoms with E-state index >= 15 is 0 Å². The van der Waals surface area contributed by atoms with Crippen molar-refractivity contribution in [3.8, 4) is 23.0 Å². The number of sulfonamides is 1. The van der Waals surface area contributed by atoms with E-state index in [1.807, 2.05) is 6.92 Å². The molecular weight excluding hydrogens is 466 g/mol. The minimum Gasteiger partial charge on any atom is -0.497 e. The molecular formula is C20H18ClNO7S2. The molecule has 31 heavy (non-hydrogen) atoms. The zero-order valence-electron chi connectivity index (χ0n) is 16.4. The SMILES string of the molecule is COc1cccc(Oc2cc(Cl)c(S(=O)(=O)Oc3ccc(C)cc3)cc2S(N)(=O)=O)c1. The molecule has 164 valence electrons.